The van der Waals surface area contributed by atoms with Crippen LogP contribution in [0.4, 0.5) is 0 Å². The number of aromatic nitrogens is 3. The van der Waals surface area contributed by atoms with Crippen molar-refractivity contribution in [2.24, 2.45) is 0 Å². The van der Waals surface area contributed by atoms with Crippen LogP contribution in [-0.4, -0.2) is 21.1 Å². The van der Waals surface area contributed by atoms with E-state index < -0.39 is 5.91 Å². The smallest absolute Gasteiger partial charge is 0.662 e. The van der Waals surface area contributed by atoms with Crippen LogP contribution in [0.2, 0.25) is 0 Å². The summed E-state index contributed by atoms with van der Waals surface area (Å²) < 4.78 is 0. The molecule has 0 atom stereocenters. The summed E-state index contributed by atoms with van der Waals surface area (Å²) in [5.41, 5.74) is 7.85. The maximum Gasteiger partial charge on any atom is 1.00 e. The fourth-order valence-electron chi connectivity index (χ4n) is 0.878. The molecule has 0 radical (unpaired) electrons. The van der Waals surface area contributed by atoms with Gasteiger partial charge in [0, 0.05) is 17.1 Å². The van der Waals surface area contributed by atoms with E-state index in [1.807, 2.05) is 0 Å². The molecule has 2 N–H and O–H groups in total. The van der Waals surface area contributed by atoms with Gasteiger partial charge in [0.05, 0.1) is 17.8 Å². The van der Waals surface area contributed by atoms with Crippen molar-refractivity contribution in [1.82, 2.24) is 15.2 Å². The van der Waals surface area contributed by atoms with Gasteiger partial charge >= 0.3 is 29.6 Å². The summed E-state index contributed by atoms with van der Waals surface area (Å²) in [6.07, 6.45) is 3.31. The number of thiazole rings is 1. The van der Waals surface area contributed by atoms with Crippen LogP contribution in [0.1, 0.15) is 10.5 Å². The van der Waals surface area contributed by atoms with E-state index in [0.29, 0.717) is 5.01 Å². The summed E-state index contributed by atoms with van der Waals surface area (Å²) in [6, 6.07) is 0. The first-order valence-corrected chi connectivity index (χ1v) is 4.36. The van der Waals surface area contributed by atoms with Gasteiger partial charge in [-0.1, -0.05) is 0 Å². The normalized spacial score (nSPS) is 9.43. The Morgan fingerprint density at radius 2 is 2.36 bits per heavy atom. The van der Waals surface area contributed by atoms with E-state index in [1.54, 1.807) is 17.8 Å². The van der Waals surface area contributed by atoms with Crippen LogP contribution in [0.25, 0.3) is 16.3 Å². The predicted molar refractivity (Wildman–Crippen MR) is 48.3 cm³/mol. The van der Waals surface area contributed by atoms with Crippen LogP contribution >= 0.6 is 11.3 Å². The number of hydrogen-bond donors (Lipinski definition) is 1. The molecule has 0 aromatic carbocycles. The molecule has 7 heteroatoms. The van der Waals surface area contributed by atoms with Crippen LogP contribution in [0, 0.1) is 0 Å². The van der Waals surface area contributed by atoms with Crippen molar-refractivity contribution < 1.29 is 34.4 Å². The van der Waals surface area contributed by atoms with Gasteiger partial charge in [0.25, 0.3) is 0 Å². The summed E-state index contributed by atoms with van der Waals surface area (Å²) in [4.78, 5) is 14.6. The molecule has 0 aliphatic carbocycles. The largest absolute Gasteiger partial charge is 1.00 e. The fraction of sp³-hybridized carbons (Fsp3) is 0. The summed E-state index contributed by atoms with van der Waals surface area (Å²) in [5.74, 6) is -0.758. The van der Waals surface area contributed by atoms with Gasteiger partial charge in [-0.15, -0.1) is 11.3 Å². The van der Waals surface area contributed by atoms with Gasteiger partial charge in [-0.25, -0.2) is 4.98 Å². The average Bonchev–Trinajstić information content (AvgIpc) is 2.75. The monoisotopic (exact) mass is 216 g/mol. The second-order valence-corrected chi connectivity index (χ2v) is 3.21. The topological polar surface area (TPSA) is 82.4 Å². The van der Waals surface area contributed by atoms with E-state index in [-0.39, 0.29) is 35.3 Å². The Labute approximate surface area is 106 Å². The first-order chi connectivity index (χ1) is 6.27. The first-order valence-electron chi connectivity index (χ1n) is 3.48. The minimum atomic E-state index is -0.758. The van der Waals surface area contributed by atoms with Crippen molar-refractivity contribution in [2.45, 2.75) is 0 Å². The van der Waals surface area contributed by atoms with Crippen LogP contribution in [0.15, 0.2) is 17.8 Å². The third-order valence-corrected chi connectivity index (χ3v) is 2.37. The Morgan fingerprint density at radius 1 is 1.57 bits per heavy atom. The van der Waals surface area contributed by atoms with E-state index in [4.69, 9.17) is 5.73 Å². The number of hydrogen-bond acceptors (Lipinski definition) is 4. The molecule has 14 heavy (non-hydrogen) atoms. The van der Waals surface area contributed by atoms with Gasteiger partial charge in [0.2, 0.25) is 0 Å². The van der Waals surface area contributed by atoms with Crippen LogP contribution < -0.4 is 29.6 Å². The zero-order valence-electron chi connectivity index (χ0n) is 7.44. The zero-order chi connectivity index (χ0) is 9.26. The van der Waals surface area contributed by atoms with E-state index in [9.17, 15) is 4.79 Å². The number of amides is 1. The van der Waals surface area contributed by atoms with Crippen LogP contribution in [0.5, 0.6) is 0 Å². The summed E-state index contributed by atoms with van der Waals surface area (Å²) in [7, 11) is 0. The Bertz CT molecular complexity index is 425. The number of carbonyl (C=O) groups is 1. The molecule has 2 rings (SSSR count). The molecule has 2 aromatic rings. The van der Waals surface area contributed by atoms with Crippen molar-refractivity contribution in [2.75, 3.05) is 0 Å². The molecule has 0 fully saturated rings. The van der Waals surface area contributed by atoms with Crippen LogP contribution in [-0.2, 0) is 0 Å². The van der Waals surface area contributed by atoms with Crippen molar-refractivity contribution in [3.63, 3.8) is 0 Å². The van der Waals surface area contributed by atoms with Crippen molar-refractivity contribution in [1.29, 1.82) is 0 Å². The Kier molecular flexibility index (Phi) is 3.82. The molecule has 2 heterocycles. The van der Waals surface area contributed by atoms with Gasteiger partial charge in [-0.05, 0) is 0 Å². The molecule has 1 amide bonds. The average molecular weight is 216 g/mol. The van der Waals surface area contributed by atoms with Crippen molar-refractivity contribution in [3.8, 4) is 10.6 Å². The molecular formula is C7H5N4NaOS. The minimum Gasteiger partial charge on any atom is -0.662 e. The number of H-pyrrole nitrogens is 1. The van der Waals surface area contributed by atoms with Gasteiger partial charge in [-0.3, -0.25) is 5.10 Å². The first kappa shape index (κ1) is 11.4. The minimum absolute atomic E-state index is 0. The number of aromatic amines is 1. The summed E-state index contributed by atoms with van der Waals surface area (Å²) in [5, 5.41) is 8.68. The molecule has 0 aliphatic rings. The van der Waals surface area contributed by atoms with Gasteiger partial charge in [0.1, 0.15) is 5.01 Å². The van der Waals surface area contributed by atoms with Crippen molar-refractivity contribution >= 4 is 17.2 Å². The summed E-state index contributed by atoms with van der Waals surface area (Å²) >= 11 is 1.32. The van der Waals surface area contributed by atoms with E-state index in [1.165, 1.54) is 11.3 Å². The molecule has 0 spiro atoms. The van der Waals surface area contributed by atoms with Crippen LogP contribution in [0.3, 0.4) is 0 Å². The number of carbonyl (C=O) groups excluding carboxylic acids is 1. The number of rotatable bonds is 2. The van der Waals surface area contributed by atoms with E-state index in [0.717, 1.165) is 5.56 Å². The van der Waals surface area contributed by atoms with Gasteiger partial charge < -0.3 is 10.5 Å². The Morgan fingerprint density at radius 3 is 2.86 bits per heavy atom. The number of nitrogens with one attached hydrogen (secondary N) is 2. The summed E-state index contributed by atoms with van der Waals surface area (Å²) in [6.45, 7) is 0. The second kappa shape index (κ2) is 4.70. The molecule has 0 bridgehead atoms. The fourth-order valence-corrected chi connectivity index (χ4v) is 1.66. The second-order valence-electron chi connectivity index (χ2n) is 2.35. The number of nitrogens with zero attached hydrogens (tertiary/aromatic N) is 2. The third kappa shape index (κ3) is 2.21. The van der Waals surface area contributed by atoms with E-state index >= 15 is 0 Å². The molecule has 66 valence electrons. The molecule has 5 nitrogen and oxygen atoms in total. The van der Waals surface area contributed by atoms with Crippen molar-refractivity contribution in [3.05, 3.63) is 29.2 Å². The molecule has 0 saturated carbocycles. The van der Waals surface area contributed by atoms with Gasteiger partial charge in [-0.2, -0.15) is 5.10 Å². The molecule has 0 unspecified atom stereocenters. The molecular weight excluding hydrogens is 211 g/mol. The maximum atomic E-state index is 10.6. The van der Waals surface area contributed by atoms with Gasteiger partial charge in [0.15, 0.2) is 0 Å². The Balaban J connectivity index is 0.000000980. The maximum absolute atomic E-state index is 10.6. The SMILES string of the molecule is [NH-]C(=O)c1csc(-c2cn[nH]c2)n1.[Na+]. The molecule has 2 aromatic heterocycles. The zero-order valence-corrected chi connectivity index (χ0v) is 10.3. The predicted octanol–water partition coefficient (Wildman–Crippen LogP) is -1.27. The third-order valence-electron chi connectivity index (χ3n) is 1.48. The standard InChI is InChI=1S/C7H6N4OS.Na/c8-6(12)5-3-13-7(11-5)4-1-9-10-2-4;/h1-3H,(H3,8,9,10,11,12);/q;+1/p-1. The molecule has 0 aliphatic heterocycles. The quantitative estimate of drug-likeness (QED) is 0.635. The molecule has 0 saturated heterocycles. The van der Waals surface area contributed by atoms with E-state index in [2.05, 4.69) is 15.2 Å². The Hall–Kier alpha value is -0.690.